The molecule has 6 rings (SSSR count). The highest BCUT2D eigenvalue weighted by atomic mass is 19.1. The van der Waals surface area contributed by atoms with Gasteiger partial charge in [0.15, 0.2) is 0 Å². The van der Waals surface area contributed by atoms with E-state index in [4.69, 9.17) is 5.10 Å². The summed E-state index contributed by atoms with van der Waals surface area (Å²) >= 11 is 0. The van der Waals surface area contributed by atoms with Crippen molar-refractivity contribution < 1.29 is 13.6 Å². The van der Waals surface area contributed by atoms with Gasteiger partial charge in [-0.1, -0.05) is 48.5 Å². The number of carbonyl (C=O) groups is 1. The van der Waals surface area contributed by atoms with Crippen LogP contribution in [0.3, 0.4) is 0 Å². The number of benzene rings is 3. The number of urea groups is 1. The summed E-state index contributed by atoms with van der Waals surface area (Å²) in [6, 6.07) is 25.6. The largest absolute Gasteiger partial charge is 0.323 e. The number of hydrogen-bond donors (Lipinski definition) is 1. The summed E-state index contributed by atoms with van der Waals surface area (Å²) in [7, 11) is 0. The average molecular weight is 496 g/mol. The van der Waals surface area contributed by atoms with Gasteiger partial charge < -0.3 is 14.8 Å². The molecule has 0 radical (unpaired) electrons. The molecule has 0 aliphatic carbocycles. The van der Waals surface area contributed by atoms with Crippen LogP contribution in [-0.2, 0) is 6.54 Å². The van der Waals surface area contributed by atoms with Gasteiger partial charge in [0.05, 0.1) is 35.3 Å². The van der Waals surface area contributed by atoms with Crippen LogP contribution in [0.5, 0.6) is 0 Å². The maximum Gasteiger partial charge on any atom is 0.323 e. The van der Waals surface area contributed by atoms with Crippen LogP contribution in [0.2, 0.25) is 0 Å². The van der Waals surface area contributed by atoms with Crippen LogP contribution in [0.15, 0.2) is 97.2 Å². The van der Waals surface area contributed by atoms with Crippen LogP contribution in [0.1, 0.15) is 28.6 Å². The number of hydrogen-bond acceptors (Lipinski definition) is 2. The molecule has 6 nitrogen and oxygen atoms in total. The first-order valence-electron chi connectivity index (χ1n) is 11.9. The highest BCUT2D eigenvalue weighted by Crippen LogP contribution is 2.38. The van der Waals surface area contributed by atoms with Crippen molar-refractivity contribution in [1.82, 2.24) is 19.2 Å². The molecule has 184 valence electrons. The molecule has 1 aliphatic rings. The summed E-state index contributed by atoms with van der Waals surface area (Å²) in [5.41, 5.74) is 4.22. The van der Waals surface area contributed by atoms with E-state index >= 15 is 0 Å². The highest BCUT2D eigenvalue weighted by molar-refractivity contribution is 5.90. The zero-order valence-corrected chi connectivity index (χ0v) is 20.0. The lowest BCUT2D eigenvalue weighted by molar-refractivity contribution is 0.194. The second-order valence-electron chi connectivity index (χ2n) is 8.93. The molecular weight excluding hydrogens is 472 g/mol. The predicted octanol–water partition coefficient (Wildman–Crippen LogP) is 6.39. The lowest BCUT2D eigenvalue weighted by Gasteiger charge is -2.31. The number of para-hydroxylation sites is 1. The van der Waals surface area contributed by atoms with E-state index < -0.39 is 23.7 Å². The van der Waals surface area contributed by atoms with Crippen molar-refractivity contribution in [2.24, 2.45) is 0 Å². The summed E-state index contributed by atoms with van der Waals surface area (Å²) < 4.78 is 31.9. The van der Waals surface area contributed by atoms with E-state index in [0.717, 1.165) is 46.2 Å². The topological polar surface area (TPSA) is 55.1 Å². The molecule has 0 bridgehead atoms. The molecule has 1 aliphatic heterocycles. The number of halogens is 2. The molecule has 1 atom stereocenters. The lowest BCUT2D eigenvalue weighted by atomic mass is 10.0. The van der Waals surface area contributed by atoms with Crippen molar-refractivity contribution >= 4 is 11.7 Å². The number of carbonyl (C=O) groups excluding carboxylic acids is 1. The minimum absolute atomic E-state index is 0.0882. The van der Waals surface area contributed by atoms with E-state index in [9.17, 15) is 13.6 Å². The third-order valence-electron chi connectivity index (χ3n) is 6.64. The first-order chi connectivity index (χ1) is 18.0. The average Bonchev–Trinajstić information content (AvgIpc) is 3.47. The van der Waals surface area contributed by atoms with Crippen molar-refractivity contribution in [2.45, 2.75) is 19.5 Å². The molecule has 0 saturated carbocycles. The first-order valence-corrected chi connectivity index (χ1v) is 11.9. The molecule has 3 aromatic carbocycles. The van der Waals surface area contributed by atoms with Gasteiger partial charge in [0.25, 0.3) is 0 Å². The number of anilines is 1. The Morgan fingerprint density at radius 3 is 2.41 bits per heavy atom. The van der Waals surface area contributed by atoms with Crippen LogP contribution in [0, 0.1) is 18.6 Å². The van der Waals surface area contributed by atoms with Gasteiger partial charge in [0.2, 0.25) is 0 Å². The molecule has 8 heteroatoms. The number of aromatic nitrogens is 3. The van der Waals surface area contributed by atoms with Gasteiger partial charge >= 0.3 is 6.03 Å². The van der Waals surface area contributed by atoms with E-state index in [1.54, 1.807) is 4.90 Å². The van der Waals surface area contributed by atoms with Crippen LogP contribution in [0.25, 0.3) is 11.5 Å². The zero-order chi connectivity index (χ0) is 25.5. The van der Waals surface area contributed by atoms with E-state index in [1.165, 1.54) is 6.07 Å². The Bertz CT molecular complexity index is 1590. The van der Waals surface area contributed by atoms with Crippen molar-refractivity contribution in [2.75, 3.05) is 5.32 Å². The Kier molecular flexibility index (Phi) is 5.56. The molecule has 2 amide bonds. The van der Waals surface area contributed by atoms with Gasteiger partial charge in [0, 0.05) is 17.8 Å². The van der Waals surface area contributed by atoms with E-state index in [0.29, 0.717) is 0 Å². The van der Waals surface area contributed by atoms with Gasteiger partial charge in [-0.2, -0.15) is 5.10 Å². The Labute approximate surface area is 212 Å². The molecule has 0 saturated heterocycles. The van der Waals surface area contributed by atoms with E-state index in [-0.39, 0.29) is 12.2 Å². The number of aryl methyl sites for hydroxylation is 1. The van der Waals surface area contributed by atoms with E-state index in [1.807, 2.05) is 90.6 Å². The van der Waals surface area contributed by atoms with Gasteiger partial charge in [0.1, 0.15) is 17.5 Å². The van der Waals surface area contributed by atoms with Crippen LogP contribution < -0.4 is 5.32 Å². The van der Waals surface area contributed by atoms with Crippen molar-refractivity contribution in [3.8, 4) is 11.5 Å². The van der Waals surface area contributed by atoms with Crippen LogP contribution in [0.4, 0.5) is 19.3 Å². The molecule has 1 N–H and O–H groups in total. The van der Waals surface area contributed by atoms with Crippen molar-refractivity contribution in [3.63, 3.8) is 0 Å². The smallest absolute Gasteiger partial charge is 0.307 e. The summed E-state index contributed by atoms with van der Waals surface area (Å²) in [6.45, 7) is 2.14. The fourth-order valence-corrected chi connectivity index (χ4v) is 4.91. The van der Waals surface area contributed by atoms with Crippen LogP contribution in [-0.4, -0.2) is 25.3 Å². The van der Waals surface area contributed by atoms with E-state index in [2.05, 4.69) is 9.88 Å². The third-order valence-corrected chi connectivity index (χ3v) is 6.64. The normalized spacial score (nSPS) is 14.6. The minimum Gasteiger partial charge on any atom is -0.307 e. The molecule has 0 fully saturated rings. The Morgan fingerprint density at radius 1 is 0.946 bits per heavy atom. The standard InChI is InChI=1S/C29H23F2N5O/c1-19-23-18-35(29(37)32-25-15-14-21(30)17-24(25)31)27(20-9-4-2-5-10-20)26-13-8-16-34(26)28(23)36(33-19)22-11-6-3-7-12-22/h2-17,27H,18H2,1H3,(H,32,37)/t27-/m1/s1. The molecule has 0 unspecified atom stereocenters. The molecule has 2 aromatic heterocycles. The lowest BCUT2D eigenvalue weighted by Crippen LogP contribution is -2.38. The number of amides is 2. The van der Waals surface area contributed by atoms with Crippen molar-refractivity contribution in [1.29, 1.82) is 0 Å². The number of nitrogens with one attached hydrogen (secondary N) is 1. The van der Waals surface area contributed by atoms with Crippen molar-refractivity contribution in [3.05, 3.63) is 131 Å². The summed E-state index contributed by atoms with van der Waals surface area (Å²) in [5.74, 6) is -0.705. The summed E-state index contributed by atoms with van der Waals surface area (Å²) in [4.78, 5) is 15.5. The Morgan fingerprint density at radius 2 is 1.68 bits per heavy atom. The fraction of sp³-hybridized carbons (Fsp3) is 0.103. The maximum atomic E-state index is 14.5. The Hall–Kier alpha value is -4.72. The second-order valence-corrected chi connectivity index (χ2v) is 8.93. The maximum absolute atomic E-state index is 14.5. The molecule has 0 spiro atoms. The quantitative estimate of drug-likeness (QED) is 0.316. The second kappa shape index (κ2) is 9.05. The monoisotopic (exact) mass is 495 g/mol. The minimum atomic E-state index is -0.837. The highest BCUT2D eigenvalue weighted by Gasteiger charge is 2.36. The van der Waals surface area contributed by atoms with Crippen LogP contribution >= 0.6 is 0 Å². The SMILES string of the molecule is Cc1nn(-c2ccccc2)c2c1CN(C(=O)Nc1ccc(F)cc1F)[C@H](c1ccccc1)c1cccn1-2. The third kappa shape index (κ3) is 3.96. The number of rotatable bonds is 3. The van der Waals surface area contributed by atoms with Gasteiger partial charge in [-0.15, -0.1) is 0 Å². The first kappa shape index (κ1) is 22.7. The molecule has 5 aromatic rings. The fourth-order valence-electron chi connectivity index (χ4n) is 4.91. The summed E-state index contributed by atoms with van der Waals surface area (Å²) in [6.07, 6.45) is 1.96. The van der Waals surface area contributed by atoms with Gasteiger partial charge in [-0.3, -0.25) is 0 Å². The summed E-state index contributed by atoms with van der Waals surface area (Å²) in [5, 5.41) is 7.47. The van der Waals surface area contributed by atoms with Gasteiger partial charge in [-0.05, 0) is 48.9 Å². The molecule has 3 heterocycles. The number of nitrogens with zero attached hydrogens (tertiary/aromatic N) is 4. The molecular formula is C29H23F2N5O. The van der Waals surface area contributed by atoms with Gasteiger partial charge in [-0.25, -0.2) is 18.3 Å². The Balaban J connectivity index is 1.53. The number of fused-ring (bicyclic) bond motifs is 3. The predicted molar refractivity (Wildman–Crippen MR) is 137 cm³/mol. The molecule has 37 heavy (non-hydrogen) atoms. The zero-order valence-electron chi connectivity index (χ0n) is 20.0.